The number of aromatic amines is 1. The van der Waals surface area contributed by atoms with Gasteiger partial charge < -0.3 is 19.9 Å². The molecule has 1 saturated heterocycles. The van der Waals surface area contributed by atoms with E-state index in [2.05, 4.69) is 20.3 Å². The molecule has 3 rings (SSSR count). The lowest BCUT2D eigenvalue weighted by Gasteiger charge is -2.23. The lowest BCUT2D eigenvalue weighted by molar-refractivity contribution is 0.0684. The predicted octanol–water partition coefficient (Wildman–Crippen LogP) is 2.23. The van der Waals surface area contributed by atoms with Crippen LogP contribution in [0.3, 0.4) is 0 Å². The summed E-state index contributed by atoms with van der Waals surface area (Å²) >= 11 is 0. The van der Waals surface area contributed by atoms with Crippen LogP contribution in [0.15, 0.2) is 30.7 Å². The molecule has 0 aromatic carbocycles. The molecule has 0 spiro atoms. The SMILES string of the molecule is CO[C@@H]1CC(c2ncc[nH]2)N(C(=O)c2ccc(NC(C)C)nc2)C1. The van der Waals surface area contributed by atoms with E-state index in [1.54, 1.807) is 36.7 Å². The Bertz CT molecular complexity index is 669. The lowest BCUT2D eigenvalue weighted by Crippen LogP contribution is -2.32. The quantitative estimate of drug-likeness (QED) is 0.879. The molecular weight excluding hydrogens is 306 g/mol. The lowest BCUT2D eigenvalue weighted by atomic mass is 10.1. The van der Waals surface area contributed by atoms with E-state index in [1.807, 2.05) is 19.9 Å². The summed E-state index contributed by atoms with van der Waals surface area (Å²) in [4.78, 5) is 26.5. The van der Waals surface area contributed by atoms with Crippen LogP contribution in [0.25, 0.3) is 0 Å². The van der Waals surface area contributed by atoms with Crippen molar-refractivity contribution in [1.29, 1.82) is 0 Å². The first-order valence-corrected chi connectivity index (χ1v) is 8.14. The number of carbonyl (C=O) groups is 1. The van der Waals surface area contributed by atoms with Gasteiger partial charge in [-0.25, -0.2) is 9.97 Å². The standard InChI is InChI=1S/C17H23N5O2/c1-11(2)21-15-5-4-12(9-20-15)17(23)22-10-13(24-3)8-14(22)16-18-6-7-19-16/h4-7,9,11,13-14H,8,10H2,1-3H3,(H,18,19)(H,20,21)/t13-,14?/m1/s1. The molecule has 2 aromatic rings. The van der Waals surface area contributed by atoms with Gasteiger partial charge in [0.15, 0.2) is 0 Å². The minimum Gasteiger partial charge on any atom is -0.380 e. The smallest absolute Gasteiger partial charge is 0.256 e. The number of imidazole rings is 1. The third-order valence-corrected chi connectivity index (χ3v) is 4.14. The topological polar surface area (TPSA) is 83.1 Å². The number of hydrogen-bond donors (Lipinski definition) is 2. The molecule has 1 amide bonds. The molecule has 24 heavy (non-hydrogen) atoms. The van der Waals surface area contributed by atoms with Crippen LogP contribution in [-0.4, -0.2) is 51.6 Å². The van der Waals surface area contributed by atoms with Crippen molar-refractivity contribution in [2.24, 2.45) is 0 Å². The van der Waals surface area contributed by atoms with Gasteiger partial charge >= 0.3 is 0 Å². The summed E-state index contributed by atoms with van der Waals surface area (Å²) in [5, 5.41) is 3.22. The predicted molar refractivity (Wildman–Crippen MR) is 90.8 cm³/mol. The largest absolute Gasteiger partial charge is 0.380 e. The van der Waals surface area contributed by atoms with Gasteiger partial charge in [0, 0.05) is 44.7 Å². The minimum absolute atomic E-state index is 0.0129. The monoisotopic (exact) mass is 329 g/mol. The number of carbonyl (C=O) groups excluding carboxylic acids is 1. The normalized spacial score (nSPS) is 20.6. The second-order valence-electron chi connectivity index (χ2n) is 6.27. The fourth-order valence-corrected chi connectivity index (χ4v) is 2.98. The van der Waals surface area contributed by atoms with Crippen LogP contribution in [0, 0.1) is 0 Å². The van der Waals surface area contributed by atoms with Crippen molar-refractivity contribution in [2.45, 2.75) is 38.5 Å². The van der Waals surface area contributed by atoms with E-state index < -0.39 is 0 Å². The van der Waals surface area contributed by atoms with Gasteiger partial charge in [-0.2, -0.15) is 0 Å². The molecule has 3 heterocycles. The van der Waals surface area contributed by atoms with Gasteiger partial charge in [-0.3, -0.25) is 4.79 Å². The van der Waals surface area contributed by atoms with Crippen molar-refractivity contribution >= 4 is 11.7 Å². The summed E-state index contributed by atoms with van der Waals surface area (Å²) in [6.45, 7) is 4.64. The average Bonchev–Trinajstić information content (AvgIpc) is 3.23. The molecule has 1 fully saturated rings. The van der Waals surface area contributed by atoms with Crippen molar-refractivity contribution < 1.29 is 9.53 Å². The van der Waals surface area contributed by atoms with Crippen molar-refractivity contribution in [3.63, 3.8) is 0 Å². The molecule has 1 aliphatic rings. The Morgan fingerprint density at radius 1 is 1.42 bits per heavy atom. The fourth-order valence-electron chi connectivity index (χ4n) is 2.98. The van der Waals surface area contributed by atoms with Crippen LogP contribution in [0.2, 0.25) is 0 Å². The van der Waals surface area contributed by atoms with E-state index in [9.17, 15) is 4.79 Å². The Morgan fingerprint density at radius 2 is 2.25 bits per heavy atom. The highest BCUT2D eigenvalue weighted by Crippen LogP contribution is 2.32. The zero-order chi connectivity index (χ0) is 17.1. The second-order valence-corrected chi connectivity index (χ2v) is 6.27. The summed E-state index contributed by atoms with van der Waals surface area (Å²) in [5.41, 5.74) is 0.567. The molecule has 0 radical (unpaired) electrons. The zero-order valence-corrected chi connectivity index (χ0v) is 14.2. The average molecular weight is 329 g/mol. The molecule has 7 heteroatoms. The minimum atomic E-state index is -0.106. The van der Waals surface area contributed by atoms with E-state index in [0.29, 0.717) is 18.2 Å². The van der Waals surface area contributed by atoms with Crippen LogP contribution in [0.4, 0.5) is 5.82 Å². The number of aromatic nitrogens is 3. The first-order valence-electron chi connectivity index (χ1n) is 8.14. The molecule has 2 atom stereocenters. The second kappa shape index (κ2) is 7.00. The molecule has 2 aromatic heterocycles. The Hall–Kier alpha value is -2.41. The summed E-state index contributed by atoms with van der Waals surface area (Å²) < 4.78 is 5.46. The van der Waals surface area contributed by atoms with Gasteiger partial charge in [0.05, 0.1) is 17.7 Å². The van der Waals surface area contributed by atoms with Crippen molar-refractivity contribution in [1.82, 2.24) is 19.9 Å². The maximum atomic E-state index is 12.9. The first kappa shape index (κ1) is 16.4. The number of nitrogens with zero attached hydrogens (tertiary/aromatic N) is 3. The Morgan fingerprint density at radius 3 is 2.83 bits per heavy atom. The molecule has 1 aliphatic heterocycles. The highest BCUT2D eigenvalue weighted by molar-refractivity contribution is 5.94. The van der Waals surface area contributed by atoms with Gasteiger partial charge in [0.1, 0.15) is 11.6 Å². The maximum Gasteiger partial charge on any atom is 0.256 e. The van der Waals surface area contributed by atoms with E-state index in [-0.39, 0.29) is 18.1 Å². The van der Waals surface area contributed by atoms with Crippen LogP contribution in [0.1, 0.15) is 42.5 Å². The Kier molecular flexibility index (Phi) is 4.80. The number of hydrogen-bond acceptors (Lipinski definition) is 5. The van der Waals surface area contributed by atoms with Gasteiger partial charge in [-0.1, -0.05) is 0 Å². The Labute approximate surface area is 141 Å². The fraction of sp³-hybridized carbons (Fsp3) is 0.471. The summed E-state index contributed by atoms with van der Waals surface area (Å²) in [7, 11) is 1.67. The number of amides is 1. The molecule has 128 valence electrons. The number of methoxy groups -OCH3 is 1. The third-order valence-electron chi connectivity index (χ3n) is 4.14. The van der Waals surface area contributed by atoms with Crippen LogP contribution >= 0.6 is 0 Å². The molecule has 1 unspecified atom stereocenters. The van der Waals surface area contributed by atoms with Gasteiger partial charge in [0.2, 0.25) is 0 Å². The van der Waals surface area contributed by atoms with Crippen LogP contribution in [-0.2, 0) is 4.74 Å². The number of rotatable bonds is 5. The summed E-state index contributed by atoms with van der Waals surface area (Å²) in [6, 6.07) is 3.83. The molecule has 0 saturated carbocycles. The molecule has 7 nitrogen and oxygen atoms in total. The van der Waals surface area contributed by atoms with Crippen LogP contribution < -0.4 is 5.32 Å². The number of ether oxygens (including phenoxy) is 1. The summed E-state index contributed by atoms with van der Waals surface area (Å²) in [5.74, 6) is 1.49. The third kappa shape index (κ3) is 3.41. The number of nitrogens with one attached hydrogen (secondary N) is 2. The number of anilines is 1. The Balaban J connectivity index is 1.79. The highest BCUT2D eigenvalue weighted by atomic mass is 16.5. The van der Waals surface area contributed by atoms with Gasteiger partial charge in [-0.15, -0.1) is 0 Å². The number of likely N-dealkylation sites (tertiary alicyclic amines) is 1. The van der Waals surface area contributed by atoms with Crippen LogP contribution in [0.5, 0.6) is 0 Å². The van der Waals surface area contributed by atoms with Crippen molar-refractivity contribution in [3.05, 3.63) is 42.1 Å². The van der Waals surface area contributed by atoms with E-state index >= 15 is 0 Å². The number of H-pyrrole nitrogens is 1. The molecule has 0 aliphatic carbocycles. The molecule has 2 N–H and O–H groups in total. The first-order chi connectivity index (χ1) is 11.6. The van der Waals surface area contributed by atoms with E-state index in [1.165, 1.54) is 0 Å². The van der Waals surface area contributed by atoms with Crippen molar-refractivity contribution in [2.75, 3.05) is 19.0 Å². The number of pyridine rings is 1. The zero-order valence-electron chi connectivity index (χ0n) is 14.2. The van der Waals surface area contributed by atoms with Crippen molar-refractivity contribution in [3.8, 4) is 0 Å². The molecule has 0 bridgehead atoms. The van der Waals surface area contributed by atoms with E-state index in [4.69, 9.17) is 4.74 Å². The molecular formula is C17H23N5O2. The maximum absolute atomic E-state index is 12.9. The highest BCUT2D eigenvalue weighted by Gasteiger charge is 2.38. The van der Waals surface area contributed by atoms with Gasteiger partial charge in [-0.05, 0) is 26.0 Å². The van der Waals surface area contributed by atoms with Gasteiger partial charge in [0.25, 0.3) is 5.91 Å². The summed E-state index contributed by atoms with van der Waals surface area (Å²) in [6.07, 6.45) is 5.83. The van der Waals surface area contributed by atoms with E-state index in [0.717, 1.165) is 18.1 Å².